The summed E-state index contributed by atoms with van der Waals surface area (Å²) >= 11 is 17.4. The molecule has 88 valence electrons. The number of hydrogen-bond acceptors (Lipinski definition) is 2. The van der Waals surface area contributed by atoms with Crippen molar-refractivity contribution in [2.45, 2.75) is 23.6 Å². The summed E-state index contributed by atoms with van der Waals surface area (Å²) < 4.78 is -1.65. The van der Waals surface area contributed by atoms with Crippen molar-refractivity contribution in [1.82, 2.24) is 0 Å². The first-order valence-electron chi connectivity index (χ1n) is 4.59. The monoisotopic (exact) mass is 281 g/mol. The van der Waals surface area contributed by atoms with E-state index in [4.69, 9.17) is 34.8 Å². The van der Waals surface area contributed by atoms with Crippen molar-refractivity contribution in [3.8, 4) is 0 Å². The van der Waals surface area contributed by atoms with Crippen LogP contribution < -0.4 is 0 Å². The van der Waals surface area contributed by atoms with E-state index < -0.39 is 8.72 Å². The van der Waals surface area contributed by atoms with Gasteiger partial charge >= 0.3 is 0 Å². The van der Waals surface area contributed by atoms with Crippen LogP contribution in [-0.4, -0.2) is 4.92 Å². The maximum absolute atomic E-state index is 10.6. The number of nitro benzene ring substituents is 1. The number of non-ortho nitro benzene ring substituents is 1. The van der Waals surface area contributed by atoms with Gasteiger partial charge in [-0.05, 0) is 11.5 Å². The van der Waals surface area contributed by atoms with Crippen LogP contribution in [0.2, 0.25) is 0 Å². The van der Waals surface area contributed by atoms with Crippen molar-refractivity contribution in [2.24, 2.45) is 0 Å². The lowest BCUT2D eigenvalue weighted by Gasteiger charge is -2.18. The van der Waals surface area contributed by atoms with Crippen molar-refractivity contribution >= 4 is 40.5 Å². The number of rotatable bonds is 2. The van der Waals surface area contributed by atoms with Crippen LogP contribution in [0.5, 0.6) is 0 Å². The van der Waals surface area contributed by atoms with E-state index in [0.29, 0.717) is 5.56 Å². The van der Waals surface area contributed by atoms with Crippen LogP contribution in [0.3, 0.4) is 0 Å². The van der Waals surface area contributed by atoms with Gasteiger partial charge in [-0.3, -0.25) is 10.1 Å². The van der Waals surface area contributed by atoms with Crippen LogP contribution >= 0.6 is 34.8 Å². The first kappa shape index (κ1) is 13.6. The third kappa shape index (κ3) is 3.00. The largest absolute Gasteiger partial charge is 0.269 e. The van der Waals surface area contributed by atoms with Gasteiger partial charge in [0.1, 0.15) is 0 Å². The Bertz CT molecular complexity index is 413. The van der Waals surface area contributed by atoms with Crippen molar-refractivity contribution in [3.05, 3.63) is 39.4 Å². The number of hydrogen-bond donors (Lipinski definition) is 0. The molecule has 0 amide bonds. The molecule has 6 heteroatoms. The summed E-state index contributed by atoms with van der Waals surface area (Å²) in [7, 11) is 0. The Morgan fingerprint density at radius 1 is 1.31 bits per heavy atom. The highest BCUT2D eigenvalue weighted by molar-refractivity contribution is 6.66. The second-order valence-electron chi connectivity index (χ2n) is 3.68. The van der Waals surface area contributed by atoms with Crippen LogP contribution in [-0.2, 0) is 3.79 Å². The predicted octanol–water partition coefficient (Wildman–Crippen LogP) is 4.54. The van der Waals surface area contributed by atoms with E-state index in [2.05, 4.69) is 0 Å². The van der Waals surface area contributed by atoms with Gasteiger partial charge in [0.15, 0.2) is 0 Å². The molecule has 0 radical (unpaired) electrons. The van der Waals surface area contributed by atoms with E-state index in [-0.39, 0.29) is 11.6 Å². The molecule has 0 aliphatic rings. The van der Waals surface area contributed by atoms with Crippen LogP contribution in [0.4, 0.5) is 5.69 Å². The summed E-state index contributed by atoms with van der Waals surface area (Å²) in [5.74, 6) is 0.131. The zero-order chi connectivity index (χ0) is 12.5. The Morgan fingerprint density at radius 2 is 1.88 bits per heavy atom. The smallest absolute Gasteiger partial charge is 0.258 e. The lowest BCUT2D eigenvalue weighted by Crippen LogP contribution is -2.07. The minimum atomic E-state index is -1.65. The Labute approximate surface area is 108 Å². The highest BCUT2D eigenvalue weighted by Crippen LogP contribution is 2.43. The van der Waals surface area contributed by atoms with Crippen molar-refractivity contribution in [2.75, 3.05) is 0 Å². The molecule has 0 spiro atoms. The highest BCUT2D eigenvalue weighted by atomic mass is 35.6. The number of nitrogens with zero attached hydrogens (tertiary/aromatic N) is 1. The highest BCUT2D eigenvalue weighted by Gasteiger charge is 2.29. The van der Waals surface area contributed by atoms with Gasteiger partial charge in [0, 0.05) is 17.7 Å². The Hall–Kier alpha value is -0.510. The molecule has 3 nitrogen and oxygen atoms in total. The zero-order valence-electron chi connectivity index (χ0n) is 8.71. The molecule has 0 atom stereocenters. The molecule has 1 aromatic carbocycles. The normalized spacial score (nSPS) is 11.9. The standard InChI is InChI=1S/C10H10Cl3NO2/c1-6(2)8-4-3-7(14(15)16)5-9(8)10(11,12)13/h3-6H,1-2H3. The predicted molar refractivity (Wildman–Crippen MR) is 66.4 cm³/mol. The molecule has 0 aliphatic carbocycles. The van der Waals surface area contributed by atoms with E-state index in [0.717, 1.165) is 5.56 Å². The van der Waals surface area contributed by atoms with E-state index in [1.165, 1.54) is 12.1 Å². The summed E-state index contributed by atoms with van der Waals surface area (Å²) in [6.07, 6.45) is 0. The summed E-state index contributed by atoms with van der Waals surface area (Å²) in [5.41, 5.74) is 1.08. The average molecular weight is 283 g/mol. The molecule has 0 bridgehead atoms. The summed E-state index contributed by atoms with van der Waals surface area (Å²) in [6, 6.07) is 4.34. The number of alkyl halides is 3. The van der Waals surface area contributed by atoms with Gasteiger partial charge < -0.3 is 0 Å². The fourth-order valence-corrected chi connectivity index (χ4v) is 1.90. The molecule has 0 aliphatic heterocycles. The van der Waals surface area contributed by atoms with Crippen LogP contribution in [0, 0.1) is 10.1 Å². The third-order valence-corrected chi connectivity index (χ3v) is 2.79. The second kappa shape index (κ2) is 4.78. The molecule has 1 rings (SSSR count). The Morgan fingerprint density at radius 3 is 2.25 bits per heavy atom. The maximum Gasteiger partial charge on any atom is 0.269 e. The molecular formula is C10H10Cl3NO2. The molecule has 0 saturated heterocycles. The quantitative estimate of drug-likeness (QED) is 0.454. The summed E-state index contributed by atoms with van der Waals surface area (Å²) in [6.45, 7) is 3.86. The van der Waals surface area contributed by atoms with E-state index in [1.54, 1.807) is 6.07 Å². The molecular weight excluding hydrogens is 272 g/mol. The van der Waals surface area contributed by atoms with E-state index in [9.17, 15) is 10.1 Å². The summed E-state index contributed by atoms with van der Waals surface area (Å²) in [5, 5.41) is 10.6. The SMILES string of the molecule is CC(C)c1ccc([N+](=O)[O-])cc1C(Cl)(Cl)Cl. The molecule has 0 unspecified atom stereocenters. The number of halogens is 3. The van der Waals surface area contributed by atoms with Crippen LogP contribution in [0.15, 0.2) is 18.2 Å². The zero-order valence-corrected chi connectivity index (χ0v) is 11.0. The van der Waals surface area contributed by atoms with E-state index >= 15 is 0 Å². The van der Waals surface area contributed by atoms with Gasteiger partial charge in [0.25, 0.3) is 5.69 Å². The number of benzene rings is 1. The minimum absolute atomic E-state index is 0.0780. The van der Waals surface area contributed by atoms with Gasteiger partial charge in [0.2, 0.25) is 3.79 Å². The van der Waals surface area contributed by atoms with Crippen LogP contribution in [0.1, 0.15) is 30.9 Å². The van der Waals surface area contributed by atoms with Gasteiger partial charge in [-0.25, -0.2) is 0 Å². The fraction of sp³-hybridized carbons (Fsp3) is 0.400. The van der Waals surface area contributed by atoms with Crippen molar-refractivity contribution in [1.29, 1.82) is 0 Å². The van der Waals surface area contributed by atoms with Gasteiger partial charge in [-0.15, -0.1) is 0 Å². The maximum atomic E-state index is 10.6. The second-order valence-corrected chi connectivity index (χ2v) is 5.96. The third-order valence-electron chi connectivity index (χ3n) is 2.18. The number of nitro groups is 1. The van der Waals surface area contributed by atoms with Crippen LogP contribution in [0.25, 0.3) is 0 Å². The molecule has 0 heterocycles. The minimum Gasteiger partial charge on any atom is -0.258 e. The molecule has 0 fully saturated rings. The van der Waals surface area contributed by atoms with Gasteiger partial charge in [-0.1, -0.05) is 54.7 Å². The molecule has 0 N–H and O–H groups in total. The average Bonchev–Trinajstić information content (AvgIpc) is 2.15. The van der Waals surface area contributed by atoms with Crippen molar-refractivity contribution < 1.29 is 4.92 Å². The first-order valence-corrected chi connectivity index (χ1v) is 5.72. The Kier molecular flexibility index (Phi) is 4.05. The van der Waals surface area contributed by atoms with Crippen molar-refractivity contribution in [3.63, 3.8) is 0 Å². The lowest BCUT2D eigenvalue weighted by atomic mass is 9.97. The lowest BCUT2D eigenvalue weighted by molar-refractivity contribution is -0.384. The molecule has 16 heavy (non-hydrogen) atoms. The molecule has 0 aromatic heterocycles. The molecule has 0 saturated carbocycles. The topological polar surface area (TPSA) is 43.1 Å². The molecule has 1 aromatic rings. The van der Waals surface area contributed by atoms with Gasteiger partial charge in [-0.2, -0.15) is 0 Å². The summed E-state index contributed by atoms with van der Waals surface area (Å²) in [4.78, 5) is 10.1. The van der Waals surface area contributed by atoms with Gasteiger partial charge in [0.05, 0.1) is 4.92 Å². The Balaban J connectivity index is 3.39. The first-order chi connectivity index (χ1) is 7.23. The fourth-order valence-electron chi connectivity index (χ4n) is 1.41. The van der Waals surface area contributed by atoms with E-state index in [1.807, 2.05) is 13.8 Å².